The second-order valence-corrected chi connectivity index (χ2v) is 11.8. The Balaban J connectivity index is 1.18. The molecule has 2 fully saturated rings. The van der Waals surface area contributed by atoms with Crippen LogP contribution in [0.2, 0.25) is 0 Å². The summed E-state index contributed by atoms with van der Waals surface area (Å²) < 4.78 is 39.9. The number of hydrogen-bond acceptors (Lipinski definition) is 7. The van der Waals surface area contributed by atoms with Gasteiger partial charge < -0.3 is 14.1 Å². The van der Waals surface area contributed by atoms with Crippen molar-refractivity contribution in [3.8, 4) is 0 Å². The fraction of sp³-hybridized carbons (Fsp3) is 0.560. The molecule has 194 valence electrons. The van der Waals surface area contributed by atoms with Gasteiger partial charge in [0, 0.05) is 32.1 Å². The quantitative estimate of drug-likeness (QED) is 0.514. The van der Waals surface area contributed by atoms with Crippen LogP contribution in [0.1, 0.15) is 54.3 Å². The highest BCUT2D eigenvalue weighted by Crippen LogP contribution is 2.37. The molecule has 1 N–H and O–H groups in total. The van der Waals surface area contributed by atoms with Crippen LogP contribution in [-0.2, 0) is 21.8 Å². The first-order chi connectivity index (χ1) is 17.3. The van der Waals surface area contributed by atoms with Gasteiger partial charge in [0.2, 0.25) is 10.0 Å². The van der Waals surface area contributed by atoms with Crippen LogP contribution in [0.4, 0.5) is 0 Å². The molecule has 3 heterocycles. The summed E-state index contributed by atoms with van der Waals surface area (Å²) in [4.78, 5) is 18.3. The number of carbonyl (C=O) groups excluding carboxylic acids is 1. The maximum atomic E-state index is 12.7. The van der Waals surface area contributed by atoms with E-state index in [1.54, 1.807) is 4.90 Å². The number of aromatic nitrogens is 3. The highest BCUT2D eigenvalue weighted by Gasteiger charge is 2.36. The molecule has 3 aromatic rings. The zero-order valence-electron chi connectivity index (χ0n) is 20.7. The van der Waals surface area contributed by atoms with Gasteiger partial charge in [-0.15, -0.1) is 0 Å². The van der Waals surface area contributed by atoms with Crippen LogP contribution in [0.5, 0.6) is 0 Å². The minimum Gasteiger partial charge on any atom is -0.441 e. The summed E-state index contributed by atoms with van der Waals surface area (Å²) in [7, 11) is -1.45. The van der Waals surface area contributed by atoms with E-state index in [-0.39, 0.29) is 24.4 Å². The number of nitrogens with zero attached hydrogens (tertiary/aromatic N) is 4. The first-order valence-electron chi connectivity index (χ1n) is 12.5. The van der Waals surface area contributed by atoms with Crippen molar-refractivity contribution < 1.29 is 22.4 Å². The molecule has 2 unspecified atom stereocenters. The number of amides is 1. The molecule has 10 nitrogen and oxygen atoms in total. The third-order valence-electron chi connectivity index (χ3n) is 7.46. The molecule has 5 rings (SSSR count). The maximum absolute atomic E-state index is 12.7. The zero-order valence-corrected chi connectivity index (χ0v) is 21.5. The van der Waals surface area contributed by atoms with Gasteiger partial charge in [-0.25, -0.2) is 18.1 Å². The maximum Gasteiger partial charge on any atom is 0.309 e. The summed E-state index contributed by atoms with van der Waals surface area (Å²) in [6.45, 7) is 1.23. The van der Waals surface area contributed by atoms with Gasteiger partial charge in [0.05, 0.1) is 36.3 Å². The number of benzene rings is 1. The van der Waals surface area contributed by atoms with Gasteiger partial charge >= 0.3 is 5.91 Å². The number of aryl methyl sites for hydroxylation is 1. The summed E-state index contributed by atoms with van der Waals surface area (Å²) in [6.07, 6.45) is 10.2. The summed E-state index contributed by atoms with van der Waals surface area (Å²) in [5.41, 5.74) is 2.50. The normalized spacial score (nSPS) is 25.3. The van der Waals surface area contributed by atoms with E-state index in [9.17, 15) is 13.2 Å². The lowest BCUT2D eigenvalue weighted by Crippen LogP contribution is -2.56. The highest BCUT2D eigenvalue weighted by atomic mass is 32.2. The predicted octanol–water partition coefficient (Wildman–Crippen LogP) is 2.68. The molecule has 2 aliphatic rings. The van der Waals surface area contributed by atoms with E-state index in [2.05, 4.69) is 33.0 Å². The average molecular weight is 516 g/mol. The van der Waals surface area contributed by atoms with E-state index < -0.39 is 16.1 Å². The minimum absolute atomic E-state index is 0.0334. The third-order valence-corrected chi connectivity index (χ3v) is 8.19. The van der Waals surface area contributed by atoms with E-state index in [1.165, 1.54) is 23.4 Å². The van der Waals surface area contributed by atoms with Gasteiger partial charge in [0.25, 0.3) is 5.89 Å². The smallest absolute Gasteiger partial charge is 0.309 e. The first kappa shape index (κ1) is 24.9. The van der Waals surface area contributed by atoms with Gasteiger partial charge in [0.1, 0.15) is 6.26 Å². The number of fused-ring (bicyclic) bond motifs is 1. The molecule has 11 heteroatoms. The molecule has 2 atom stereocenters. The van der Waals surface area contributed by atoms with Gasteiger partial charge in [-0.05, 0) is 61.6 Å². The van der Waals surface area contributed by atoms with E-state index in [0.717, 1.165) is 37.5 Å². The molecule has 1 aromatic carbocycles. The van der Waals surface area contributed by atoms with Gasteiger partial charge in [-0.2, -0.15) is 5.10 Å². The van der Waals surface area contributed by atoms with E-state index in [1.807, 2.05) is 17.9 Å². The SMILES string of the molecule is Cn1ncc2cc(C3CCC(COC4CN(C(=O)c5ncco5)CCC4NS(C)(=O)=O)CC3)ccc21. The van der Waals surface area contributed by atoms with E-state index in [0.29, 0.717) is 31.4 Å². The summed E-state index contributed by atoms with van der Waals surface area (Å²) in [5, 5.41) is 5.52. The lowest BCUT2D eigenvalue weighted by Gasteiger charge is -2.39. The number of rotatable bonds is 7. The zero-order chi connectivity index (χ0) is 25.3. The van der Waals surface area contributed by atoms with Crippen molar-refractivity contribution in [3.05, 3.63) is 48.3 Å². The van der Waals surface area contributed by atoms with Crippen LogP contribution in [0.25, 0.3) is 10.9 Å². The van der Waals surface area contributed by atoms with E-state index >= 15 is 0 Å². The number of nitrogens with one attached hydrogen (secondary N) is 1. The topological polar surface area (TPSA) is 120 Å². The van der Waals surface area contributed by atoms with E-state index in [4.69, 9.17) is 9.15 Å². The van der Waals surface area contributed by atoms with Gasteiger partial charge in [0.15, 0.2) is 0 Å². The van der Waals surface area contributed by atoms with Crippen molar-refractivity contribution in [2.75, 3.05) is 26.0 Å². The van der Waals surface area contributed by atoms with Crippen LogP contribution in [-0.4, -0.2) is 72.1 Å². The van der Waals surface area contributed by atoms with Gasteiger partial charge in [-0.3, -0.25) is 9.48 Å². The Labute approximate surface area is 211 Å². The van der Waals surface area contributed by atoms with Crippen LogP contribution >= 0.6 is 0 Å². The number of sulfonamides is 1. The second kappa shape index (κ2) is 10.3. The fourth-order valence-electron chi connectivity index (χ4n) is 5.50. The molecule has 36 heavy (non-hydrogen) atoms. The number of ether oxygens (including phenoxy) is 1. The summed E-state index contributed by atoms with van der Waals surface area (Å²) in [5.74, 6) is 0.651. The molecule has 1 saturated carbocycles. The number of carbonyl (C=O) groups is 1. The third kappa shape index (κ3) is 5.63. The van der Waals surface area contributed by atoms with Crippen LogP contribution < -0.4 is 4.72 Å². The number of likely N-dealkylation sites (tertiary alicyclic amines) is 1. The molecule has 0 radical (unpaired) electrons. The van der Waals surface area contributed by atoms with Crippen molar-refractivity contribution in [1.29, 1.82) is 0 Å². The molecule has 1 saturated heterocycles. The molecular weight excluding hydrogens is 482 g/mol. The number of oxazole rings is 1. The Morgan fingerprint density at radius 2 is 2.03 bits per heavy atom. The monoisotopic (exact) mass is 515 g/mol. The van der Waals surface area contributed by atoms with Crippen molar-refractivity contribution >= 4 is 26.8 Å². The van der Waals surface area contributed by atoms with Crippen molar-refractivity contribution in [3.63, 3.8) is 0 Å². The second-order valence-electron chi connectivity index (χ2n) is 10.0. The van der Waals surface area contributed by atoms with Crippen LogP contribution in [0, 0.1) is 5.92 Å². The molecule has 2 aromatic heterocycles. The molecule has 0 bridgehead atoms. The minimum atomic E-state index is -3.40. The molecular formula is C25H33N5O5S. The Morgan fingerprint density at radius 1 is 1.22 bits per heavy atom. The molecule has 1 aliphatic carbocycles. The van der Waals surface area contributed by atoms with Crippen molar-refractivity contribution in [2.24, 2.45) is 13.0 Å². The van der Waals surface area contributed by atoms with Gasteiger partial charge in [-0.1, -0.05) is 6.07 Å². The van der Waals surface area contributed by atoms with Crippen LogP contribution in [0.15, 0.2) is 41.3 Å². The molecule has 0 spiro atoms. The van der Waals surface area contributed by atoms with Crippen LogP contribution in [0.3, 0.4) is 0 Å². The van der Waals surface area contributed by atoms with Crippen molar-refractivity contribution in [2.45, 2.75) is 50.2 Å². The predicted molar refractivity (Wildman–Crippen MR) is 134 cm³/mol. The Bertz CT molecular complexity index is 1300. The largest absolute Gasteiger partial charge is 0.441 e. The standard InChI is InChI=1S/C25H33N5O5S/c1-29-22-8-7-19(13-20(22)14-27-29)18-5-3-17(4-6-18)16-35-23-15-30(25(31)24-26-10-12-34-24)11-9-21(23)28-36(2,32)33/h7-8,10,12-14,17-18,21,23,28H,3-6,9,11,15-16H2,1-2H3. The number of hydrogen-bond donors (Lipinski definition) is 1. The summed E-state index contributed by atoms with van der Waals surface area (Å²) >= 11 is 0. The van der Waals surface area contributed by atoms with Crippen molar-refractivity contribution in [1.82, 2.24) is 24.4 Å². The number of piperidine rings is 1. The average Bonchev–Trinajstić information content (AvgIpc) is 3.53. The Hall–Kier alpha value is -2.76. The Kier molecular flexibility index (Phi) is 7.14. The fourth-order valence-corrected chi connectivity index (χ4v) is 6.32. The Morgan fingerprint density at radius 3 is 2.75 bits per heavy atom. The lowest BCUT2D eigenvalue weighted by atomic mass is 9.79. The molecule has 1 aliphatic heterocycles. The molecule has 1 amide bonds. The first-order valence-corrected chi connectivity index (χ1v) is 14.4. The lowest BCUT2D eigenvalue weighted by molar-refractivity contribution is -0.0317. The highest BCUT2D eigenvalue weighted by molar-refractivity contribution is 7.88. The summed E-state index contributed by atoms with van der Waals surface area (Å²) in [6, 6.07) is 6.24.